The molecule has 1 amide bonds. The van der Waals surface area contributed by atoms with E-state index in [2.05, 4.69) is 4.98 Å². The molecule has 122 valence electrons. The van der Waals surface area contributed by atoms with Gasteiger partial charge in [-0.2, -0.15) is 0 Å². The number of aryl methyl sites for hydroxylation is 2. The maximum atomic E-state index is 12.9. The number of carbonyl (C=O) groups excluding carboxylic acids is 1. The average Bonchev–Trinajstić information content (AvgIpc) is 2.81. The van der Waals surface area contributed by atoms with Crippen LogP contribution in [-0.4, -0.2) is 52.7 Å². The lowest BCUT2D eigenvalue weighted by atomic mass is 10.1. The monoisotopic (exact) mass is 316 g/mol. The van der Waals surface area contributed by atoms with Crippen LogP contribution in [0.1, 0.15) is 28.0 Å². The van der Waals surface area contributed by atoms with Crippen molar-refractivity contribution in [2.45, 2.75) is 26.4 Å². The number of para-hydroxylation sites is 1. The van der Waals surface area contributed by atoms with Gasteiger partial charge in [-0.1, -0.05) is 12.1 Å². The zero-order chi connectivity index (χ0) is 16.6. The maximum Gasteiger partial charge on any atom is 0.306 e. The third-order valence-corrected chi connectivity index (χ3v) is 4.40. The Morgan fingerprint density at radius 2 is 2.17 bits per heavy atom. The molecule has 3 rings (SSSR count). The van der Waals surface area contributed by atoms with Gasteiger partial charge >= 0.3 is 5.97 Å². The largest absolute Gasteiger partial charge is 0.481 e. The fourth-order valence-electron chi connectivity index (χ4n) is 3.05. The van der Waals surface area contributed by atoms with Crippen LogP contribution in [0.2, 0.25) is 0 Å². The molecule has 2 aromatic rings. The number of aliphatic carboxylic acids is 1. The van der Waals surface area contributed by atoms with Gasteiger partial charge in [0.1, 0.15) is 0 Å². The highest BCUT2D eigenvalue weighted by Crippen LogP contribution is 2.25. The van der Waals surface area contributed by atoms with Crippen molar-refractivity contribution >= 4 is 22.8 Å². The molecule has 1 saturated heterocycles. The molecule has 0 saturated carbocycles. The highest BCUT2D eigenvalue weighted by molar-refractivity contribution is 6.06. The van der Waals surface area contributed by atoms with Crippen LogP contribution in [0, 0.1) is 13.8 Å². The topological polar surface area (TPSA) is 82.6 Å². The summed E-state index contributed by atoms with van der Waals surface area (Å²) >= 11 is 0. The highest BCUT2D eigenvalue weighted by Gasteiger charge is 2.27. The Kier molecular flexibility index (Phi) is 4.09. The molecule has 1 aliphatic rings. The Morgan fingerprint density at radius 3 is 2.91 bits per heavy atom. The number of hydrogen-bond donors (Lipinski definition) is 2. The lowest BCUT2D eigenvalue weighted by Gasteiger charge is -2.32. The molecule has 2 heterocycles. The normalized spacial score (nSPS) is 18.3. The van der Waals surface area contributed by atoms with E-state index in [9.17, 15) is 9.59 Å². The zero-order valence-corrected chi connectivity index (χ0v) is 13.3. The van der Waals surface area contributed by atoms with Crippen molar-refractivity contribution in [1.29, 1.82) is 0 Å². The molecule has 1 aromatic heterocycles. The van der Waals surface area contributed by atoms with Crippen LogP contribution in [0.5, 0.6) is 0 Å². The molecule has 6 nitrogen and oxygen atoms in total. The number of fused-ring (bicyclic) bond motifs is 1. The van der Waals surface area contributed by atoms with Crippen molar-refractivity contribution in [3.05, 3.63) is 35.0 Å². The molecule has 2 N–H and O–H groups in total. The Morgan fingerprint density at radius 1 is 1.39 bits per heavy atom. The third-order valence-electron chi connectivity index (χ3n) is 4.40. The van der Waals surface area contributed by atoms with Crippen molar-refractivity contribution < 1.29 is 19.4 Å². The molecule has 1 atom stereocenters. The van der Waals surface area contributed by atoms with E-state index in [1.807, 2.05) is 32.0 Å². The summed E-state index contributed by atoms with van der Waals surface area (Å²) in [5.41, 5.74) is 3.65. The van der Waals surface area contributed by atoms with E-state index < -0.39 is 12.1 Å². The Balaban J connectivity index is 1.88. The average molecular weight is 316 g/mol. The number of aromatic amines is 1. The quantitative estimate of drug-likeness (QED) is 0.908. The van der Waals surface area contributed by atoms with Crippen molar-refractivity contribution in [2.24, 2.45) is 0 Å². The molecule has 0 aliphatic carbocycles. The van der Waals surface area contributed by atoms with Crippen LogP contribution in [-0.2, 0) is 9.53 Å². The number of amides is 1. The number of nitrogens with one attached hydrogen (secondary N) is 1. The molecule has 23 heavy (non-hydrogen) atoms. The molecule has 1 fully saturated rings. The Bertz CT molecular complexity index is 765. The van der Waals surface area contributed by atoms with E-state index in [1.54, 1.807) is 4.90 Å². The predicted octanol–water partition coefficient (Wildman–Crippen LogP) is 2.10. The number of hydrogen-bond acceptors (Lipinski definition) is 3. The van der Waals surface area contributed by atoms with Crippen LogP contribution >= 0.6 is 0 Å². The van der Waals surface area contributed by atoms with Gasteiger partial charge in [-0.3, -0.25) is 9.59 Å². The fourth-order valence-corrected chi connectivity index (χ4v) is 3.05. The summed E-state index contributed by atoms with van der Waals surface area (Å²) in [4.78, 5) is 28.7. The van der Waals surface area contributed by atoms with Crippen molar-refractivity contribution in [1.82, 2.24) is 9.88 Å². The number of rotatable bonds is 3. The number of carbonyl (C=O) groups is 2. The van der Waals surface area contributed by atoms with E-state index >= 15 is 0 Å². The minimum absolute atomic E-state index is 0.0875. The van der Waals surface area contributed by atoms with Crippen LogP contribution in [0.3, 0.4) is 0 Å². The molecule has 1 aliphatic heterocycles. The number of nitrogens with zero attached hydrogens (tertiary/aromatic N) is 1. The summed E-state index contributed by atoms with van der Waals surface area (Å²) < 4.78 is 5.43. The number of aromatic nitrogens is 1. The molecule has 0 bridgehead atoms. The number of carboxylic acid groups (broad SMARTS) is 1. The molecular formula is C17H20N2O4. The van der Waals surface area contributed by atoms with E-state index in [4.69, 9.17) is 9.84 Å². The summed E-state index contributed by atoms with van der Waals surface area (Å²) in [7, 11) is 0. The molecule has 0 spiro atoms. The number of ether oxygens (including phenoxy) is 1. The van der Waals surface area contributed by atoms with Gasteiger partial charge < -0.3 is 19.7 Å². The van der Waals surface area contributed by atoms with E-state index in [1.165, 1.54) is 0 Å². The van der Waals surface area contributed by atoms with E-state index in [0.717, 1.165) is 22.2 Å². The third kappa shape index (κ3) is 2.94. The summed E-state index contributed by atoms with van der Waals surface area (Å²) in [5.74, 6) is -1.00. The van der Waals surface area contributed by atoms with E-state index in [-0.39, 0.29) is 12.3 Å². The first-order valence-corrected chi connectivity index (χ1v) is 7.68. The van der Waals surface area contributed by atoms with Gasteiger partial charge in [0.25, 0.3) is 5.91 Å². The first-order chi connectivity index (χ1) is 11.0. The van der Waals surface area contributed by atoms with Gasteiger partial charge in [0.2, 0.25) is 0 Å². The summed E-state index contributed by atoms with van der Waals surface area (Å²) in [5, 5.41) is 9.94. The van der Waals surface area contributed by atoms with Gasteiger partial charge in [-0.15, -0.1) is 0 Å². The summed E-state index contributed by atoms with van der Waals surface area (Å²) in [6, 6.07) is 5.68. The molecule has 0 unspecified atom stereocenters. The lowest BCUT2D eigenvalue weighted by molar-refractivity contribution is -0.141. The lowest BCUT2D eigenvalue weighted by Crippen LogP contribution is -2.46. The molecule has 6 heteroatoms. The van der Waals surface area contributed by atoms with Gasteiger partial charge in [0.05, 0.1) is 30.2 Å². The summed E-state index contributed by atoms with van der Waals surface area (Å²) in [6.45, 7) is 5.16. The summed E-state index contributed by atoms with van der Waals surface area (Å²) in [6.07, 6.45) is -0.536. The van der Waals surface area contributed by atoms with Crippen molar-refractivity contribution in [3.63, 3.8) is 0 Å². The second kappa shape index (κ2) is 6.04. The van der Waals surface area contributed by atoms with Crippen molar-refractivity contribution in [3.8, 4) is 0 Å². The molecule has 1 aromatic carbocycles. The first-order valence-electron chi connectivity index (χ1n) is 7.68. The number of benzene rings is 1. The standard InChI is InChI=1S/C17H20N2O4/c1-10-11(2)18-16-13(10)4-3-5-14(16)17(22)19-6-7-23-12(9-19)8-15(20)21/h3-5,12,18H,6-9H2,1-2H3,(H,20,21)/t12-/m0/s1. The minimum Gasteiger partial charge on any atom is -0.481 e. The molecule has 0 radical (unpaired) electrons. The SMILES string of the molecule is Cc1[nH]c2c(C(=O)N3CCO[C@@H](CC(=O)O)C3)cccc2c1C. The van der Waals surface area contributed by atoms with Crippen molar-refractivity contribution in [2.75, 3.05) is 19.7 Å². The molecular weight excluding hydrogens is 296 g/mol. The smallest absolute Gasteiger partial charge is 0.306 e. The minimum atomic E-state index is -0.915. The zero-order valence-electron chi connectivity index (χ0n) is 13.3. The van der Waals surface area contributed by atoms with Crippen LogP contribution in [0.4, 0.5) is 0 Å². The maximum absolute atomic E-state index is 12.9. The predicted molar refractivity (Wildman–Crippen MR) is 85.7 cm³/mol. The Labute approximate surface area is 134 Å². The number of H-pyrrole nitrogens is 1. The highest BCUT2D eigenvalue weighted by atomic mass is 16.5. The van der Waals surface area contributed by atoms with Crippen LogP contribution < -0.4 is 0 Å². The second-order valence-corrected chi connectivity index (χ2v) is 5.94. The number of carboxylic acids is 1. The second-order valence-electron chi connectivity index (χ2n) is 5.94. The number of morpholine rings is 1. The first kappa shape index (κ1) is 15.6. The van der Waals surface area contributed by atoms with Gasteiger partial charge in [-0.25, -0.2) is 0 Å². The fraction of sp³-hybridized carbons (Fsp3) is 0.412. The van der Waals surface area contributed by atoms with Gasteiger partial charge in [0.15, 0.2) is 0 Å². The van der Waals surface area contributed by atoms with Crippen LogP contribution in [0.15, 0.2) is 18.2 Å². The van der Waals surface area contributed by atoms with Gasteiger partial charge in [-0.05, 0) is 25.5 Å². The Hall–Kier alpha value is -2.34. The van der Waals surface area contributed by atoms with Crippen LogP contribution in [0.25, 0.3) is 10.9 Å². The van der Waals surface area contributed by atoms with E-state index in [0.29, 0.717) is 25.3 Å². The van der Waals surface area contributed by atoms with Gasteiger partial charge in [0, 0.05) is 24.2 Å².